The molecular weight excluding hydrogens is 228 g/mol. The van der Waals surface area contributed by atoms with Crippen LogP contribution in [0, 0.1) is 5.41 Å². The molecule has 1 aliphatic heterocycles. The number of hydrogen-bond donors (Lipinski definition) is 1. The SMILES string of the molecule is CCCC(C)(CNCC)CN1CCSC(C)C1. The summed E-state index contributed by atoms with van der Waals surface area (Å²) in [5.41, 5.74) is 0.451. The number of thioether (sulfide) groups is 1. The van der Waals surface area contributed by atoms with E-state index in [4.69, 9.17) is 0 Å². The van der Waals surface area contributed by atoms with Crippen molar-refractivity contribution in [2.75, 3.05) is 38.5 Å². The van der Waals surface area contributed by atoms with Gasteiger partial charge in [0.05, 0.1) is 0 Å². The molecule has 2 unspecified atom stereocenters. The van der Waals surface area contributed by atoms with Crippen LogP contribution in [-0.4, -0.2) is 48.6 Å². The van der Waals surface area contributed by atoms with Gasteiger partial charge >= 0.3 is 0 Å². The Morgan fingerprint density at radius 3 is 2.76 bits per heavy atom. The van der Waals surface area contributed by atoms with Crippen molar-refractivity contribution >= 4 is 11.8 Å². The summed E-state index contributed by atoms with van der Waals surface area (Å²) < 4.78 is 0. The first-order valence-corrected chi connectivity index (χ1v) is 8.19. The standard InChI is InChI=1S/C14H30N2S/c1-5-7-14(4,11-15-6-2)12-16-8-9-17-13(3)10-16/h13,15H,5-12H2,1-4H3. The molecule has 1 saturated heterocycles. The Morgan fingerprint density at radius 1 is 1.41 bits per heavy atom. The topological polar surface area (TPSA) is 15.3 Å². The highest BCUT2D eigenvalue weighted by atomic mass is 32.2. The second-order valence-corrected chi connectivity index (χ2v) is 7.30. The van der Waals surface area contributed by atoms with Gasteiger partial charge in [0.1, 0.15) is 0 Å². The lowest BCUT2D eigenvalue weighted by atomic mass is 9.84. The molecule has 1 heterocycles. The Morgan fingerprint density at radius 2 is 2.18 bits per heavy atom. The minimum absolute atomic E-state index is 0.451. The smallest absolute Gasteiger partial charge is 0.0147 e. The van der Waals surface area contributed by atoms with E-state index in [1.165, 1.54) is 38.2 Å². The molecule has 1 N–H and O–H groups in total. The minimum Gasteiger partial charge on any atom is -0.316 e. The molecule has 0 spiro atoms. The second-order valence-electron chi connectivity index (χ2n) is 5.76. The lowest BCUT2D eigenvalue weighted by Gasteiger charge is -2.39. The molecule has 0 aromatic rings. The lowest BCUT2D eigenvalue weighted by Crippen LogP contribution is -2.46. The molecule has 0 saturated carbocycles. The van der Waals surface area contributed by atoms with E-state index >= 15 is 0 Å². The van der Waals surface area contributed by atoms with Crippen molar-refractivity contribution < 1.29 is 0 Å². The van der Waals surface area contributed by atoms with Crippen LogP contribution in [0.1, 0.15) is 40.5 Å². The fourth-order valence-corrected chi connectivity index (χ4v) is 3.91. The highest BCUT2D eigenvalue weighted by Gasteiger charge is 2.28. The predicted octanol–water partition coefficient (Wildman–Crippen LogP) is 2.84. The first-order chi connectivity index (χ1) is 8.09. The quantitative estimate of drug-likeness (QED) is 0.756. The van der Waals surface area contributed by atoms with Gasteiger partial charge in [-0.3, -0.25) is 0 Å². The molecule has 0 radical (unpaired) electrons. The Hall–Kier alpha value is 0.270. The summed E-state index contributed by atoms with van der Waals surface area (Å²) in [4.78, 5) is 2.67. The number of nitrogens with one attached hydrogen (secondary N) is 1. The summed E-state index contributed by atoms with van der Waals surface area (Å²) in [7, 11) is 0. The molecule has 1 aliphatic rings. The van der Waals surface area contributed by atoms with E-state index in [1.54, 1.807) is 0 Å². The molecule has 17 heavy (non-hydrogen) atoms. The summed E-state index contributed by atoms with van der Waals surface area (Å²) in [6, 6.07) is 0. The molecular formula is C14H30N2S. The third-order valence-corrected chi connectivity index (χ3v) is 4.72. The largest absolute Gasteiger partial charge is 0.316 e. The van der Waals surface area contributed by atoms with Gasteiger partial charge in [-0.05, 0) is 18.4 Å². The summed E-state index contributed by atoms with van der Waals surface area (Å²) in [5.74, 6) is 1.31. The van der Waals surface area contributed by atoms with Gasteiger partial charge in [-0.2, -0.15) is 11.8 Å². The third-order valence-electron chi connectivity index (χ3n) is 3.59. The molecule has 0 aliphatic carbocycles. The average molecular weight is 258 g/mol. The third kappa shape index (κ3) is 5.62. The monoisotopic (exact) mass is 258 g/mol. The van der Waals surface area contributed by atoms with E-state index in [1.807, 2.05) is 0 Å². The van der Waals surface area contributed by atoms with E-state index in [9.17, 15) is 0 Å². The second kappa shape index (κ2) is 7.65. The maximum absolute atomic E-state index is 3.54. The molecule has 2 nitrogen and oxygen atoms in total. The lowest BCUT2D eigenvalue weighted by molar-refractivity contribution is 0.154. The number of nitrogens with zero attached hydrogens (tertiary/aromatic N) is 1. The van der Waals surface area contributed by atoms with Crippen LogP contribution in [0.2, 0.25) is 0 Å². The van der Waals surface area contributed by atoms with Gasteiger partial charge in [0.2, 0.25) is 0 Å². The van der Waals surface area contributed by atoms with Gasteiger partial charge in [0, 0.05) is 37.2 Å². The van der Waals surface area contributed by atoms with Crippen molar-refractivity contribution in [3.05, 3.63) is 0 Å². The molecule has 1 fully saturated rings. The van der Waals surface area contributed by atoms with Gasteiger partial charge in [0.25, 0.3) is 0 Å². The molecule has 0 aromatic heterocycles. The molecule has 102 valence electrons. The van der Waals surface area contributed by atoms with Gasteiger partial charge in [-0.1, -0.05) is 34.1 Å². The van der Waals surface area contributed by atoms with Crippen LogP contribution in [0.3, 0.4) is 0 Å². The normalized spacial score (nSPS) is 25.8. The van der Waals surface area contributed by atoms with Crippen molar-refractivity contribution in [3.63, 3.8) is 0 Å². The Labute approximate surface area is 112 Å². The number of rotatable bonds is 7. The highest BCUT2D eigenvalue weighted by Crippen LogP contribution is 2.27. The maximum Gasteiger partial charge on any atom is 0.0147 e. The number of hydrogen-bond acceptors (Lipinski definition) is 3. The van der Waals surface area contributed by atoms with Gasteiger partial charge in [-0.25, -0.2) is 0 Å². The van der Waals surface area contributed by atoms with E-state index in [0.717, 1.165) is 18.3 Å². The van der Waals surface area contributed by atoms with Crippen LogP contribution in [0.15, 0.2) is 0 Å². The van der Waals surface area contributed by atoms with Gasteiger partial charge in [0.15, 0.2) is 0 Å². The van der Waals surface area contributed by atoms with Crippen LogP contribution in [-0.2, 0) is 0 Å². The molecule has 1 rings (SSSR count). The van der Waals surface area contributed by atoms with Crippen molar-refractivity contribution in [3.8, 4) is 0 Å². The average Bonchev–Trinajstić information content (AvgIpc) is 2.27. The van der Waals surface area contributed by atoms with Crippen LogP contribution in [0.5, 0.6) is 0 Å². The molecule has 0 amide bonds. The first kappa shape index (κ1) is 15.3. The van der Waals surface area contributed by atoms with E-state index in [-0.39, 0.29) is 0 Å². The Bertz CT molecular complexity index is 210. The molecule has 0 bridgehead atoms. The predicted molar refractivity (Wildman–Crippen MR) is 79.9 cm³/mol. The Kier molecular flexibility index (Phi) is 6.90. The van der Waals surface area contributed by atoms with Crippen molar-refractivity contribution in [1.29, 1.82) is 0 Å². The molecule has 2 atom stereocenters. The van der Waals surface area contributed by atoms with Crippen molar-refractivity contribution in [2.45, 2.75) is 45.8 Å². The summed E-state index contributed by atoms with van der Waals surface area (Å²) in [5, 5.41) is 4.36. The Balaban J connectivity index is 2.46. The zero-order valence-corrected chi connectivity index (χ0v) is 12.9. The zero-order valence-electron chi connectivity index (χ0n) is 12.1. The van der Waals surface area contributed by atoms with Crippen LogP contribution >= 0.6 is 11.8 Å². The van der Waals surface area contributed by atoms with E-state index < -0.39 is 0 Å². The fraction of sp³-hybridized carbons (Fsp3) is 1.00. The fourth-order valence-electron chi connectivity index (χ4n) is 2.83. The van der Waals surface area contributed by atoms with Crippen LogP contribution in [0.25, 0.3) is 0 Å². The van der Waals surface area contributed by atoms with Crippen LogP contribution in [0.4, 0.5) is 0 Å². The zero-order chi connectivity index (χ0) is 12.7. The molecule has 3 heteroatoms. The summed E-state index contributed by atoms with van der Waals surface area (Å²) in [6.07, 6.45) is 2.62. The summed E-state index contributed by atoms with van der Waals surface area (Å²) in [6.45, 7) is 15.4. The molecule has 0 aromatic carbocycles. The van der Waals surface area contributed by atoms with Crippen LogP contribution < -0.4 is 5.32 Å². The summed E-state index contributed by atoms with van der Waals surface area (Å²) >= 11 is 2.12. The van der Waals surface area contributed by atoms with Gasteiger partial charge < -0.3 is 10.2 Å². The van der Waals surface area contributed by atoms with Crippen molar-refractivity contribution in [2.24, 2.45) is 5.41 Å². The van der Waals surface area contributed by atoms with E-state index in [0.29, 0.717) is 5.41 Å². The van der Waals surface area contributed by atoms with E-state index in [2.05, 4.69) is 49.7 Å². The highest BCUT2D eigenvalue weighted by molar-refractivity contribution is 7.99. The van der Waals surface area contributed by atoms with Crippen molar-refractivity contribution in [1.82, 2.24) is 10.2 Å². The minimum atomic E-state index is 0.451. The maximum atomic E-state index is 3.54. The first-order valence-electron chi connectivity index (χ1n) is 7.14. The van der Waals surface area contributed by atoms with Gasteiger partial charge in [-0.15, -0.1) is 0 Å².